The maximum atomic E-state index is 12.6. The summed E-state index contributed by atoms with van der Waals surface area (Å²) in [6, 6.07) is 0.466. The maximum Gasteiger partial charge on any atom is 0.264 e. The second kappa shape index (κ2) is 8.33. The van der Waals surface area contributed by atoms with Crippen molar-refractivity contribution < 1.29 is 9.90 Å². The number of aromatic amines is 1. The summed E-state index contributed by atoms with van der Waals surface area (Å²) in [4.78, 5) is 35.7. The molecule has 1 aromatic heterocycles. The summed E-state index contributed by atoms with van der Waals surface area (Å²) in [5.41, 5.74) is -0.247. The van der Waals surface area contributed by atoms with E-state index in [1.54, 1.807) is 4.90 Å². The van der Waals surface area contributed by atoms with Gasteiger partial charge < -0.3 is 15.0 Å². The monoisotopic (exact) mass is 366 g/mol. The lowest BCUT2D eigenvalue weighted by Crippen LogP contribution is -2.50. The number of hydrogen-bond acceptors (Lipinski definition) is 6. The van der Waals surface area contributed by atoms with E-state index in [2.05, 4.69) is 14.9 Å². The average Bonchev–Trinajstić information content (AvgIpc) is 2.67. The van der Waals surface area contributed by atoms with Crippen molar-refractivity contribution in [2.24, 2.45) is 5.92 Å². The number of carbonyl (C=O) groups excluding carboxylic acids is 1. The average molecular weight is 366 g/mol. The predicted molar refractivity (Wildman–Crippen MR) is 96.9 cm³/mol. The van der Waals surface area contributed by atoms with Crippen molar-refractivity contribution in [2.45, 2.75) is 36.9 Å². The molecule has 3 heterocycles. The molecule has 138 valence electrons. The van der Waals surface area contributed by atoms with Gasteiger partial charge in [0.05, 0.1) is 0 Å². The lowest BCUT2D eigenvalue weighted by Gasteiger charge is -2.42. The van der Waals surface area contributed by atoms with Gasteiger partial charge in [-0.05, 0) is 44.4 Å². The van der Waals surface area contributed by atoms with Gasteiger partial charge in [0.25, 0.3) is 11.5 Å². The van der Waals surface area contributed by atoms with Crippen LogP contribution in [0.3, 0.4) is 0 Å². The van der Waals surface area contributed by atoms with Gasteiger partial charge in [-0.2, -0.15) is 0 Å². The molecule has 3 rings (SSSR count). The lowest BCUT2D eigenvalue weighted by molar-refractivity contribution is 0.0453. The van der Waals surface area contributed by atoms with E-state index in [4.69, 9.17) is 0 Å². The molecule has 0 saturated carbocycles. The Morgan fingerprint density at radius 1 is 1.36 bits per heavy atom. The van der Waals surface area contributed by atoms with E-state index in [9.17, 15) is 14.7 Å². The van der Waals surface area contributed by atoms with Crippen LogP contribution in [0.5, 0.6) is 0 Å². The summed E-state index contributed by atoms with van der Waals surface area (Å²) < 4.78 is 0. The minimum Gasteiger partial charge on any atom is -0.396 e. The number of aromatic nitrogens is 2. The standard InChI is InChI=1S/C17H26N4O3S/c1-25-17-18-9-14(15(23)19-17)16(24)20-7-4-13(5-8-20)21-6-2-3-12(10-21)11-22/h9,12-13,22H,2-8,10-11H2,1H3,(H,18,19,23)/t12-/m0/s1. The summed E-state index contributed by atoms with van der Waals surface area (Å²) in [6.45, 7) is 3.61. The number of aliphatic hydroxyl groups is 1. The third kappa shape index (κ3) is 4.24. The van der Waals surface area contributed by atoms with Crippen LogP contribution >= 0.6 is 11.8 Å². The largest absolute Gasteiger partial charge is 0.396 e. The van der Waals surface area contributed by atoms with Crippen LogP contribution in [0.15, 0.2) is 16.1 Å². The predicted octanol–water partition coefficient (Wildman–Crippen LogP) is 0.801. The molecule has 1 amide bonds. The second-order valence-corrected chi connectivity index (χ2v) is 7.64. The van der Waals surface area contributed by atoms with Crippen LogP contribution in [-0.2, 0) is 0 Å². The summed E-state index contributed by atoms with van der Waals surface area (Å²) in [6.07, 6.45) is 7.28. The van der Waals surface area contributed by atoms with E-state index in [-0.39, 0.29) is 23.6 Å². The Bertz CT molecular complexity index is 658. The fourth-order valence-electron chi connectivity index (χ4n) is 3.82. The van der Waals surface area contributed by atoms with Gasteiger partial charge in [-0.15, -0.1) is 0 Å². The smallest absolute Gasteiger partial charge is 0.264 e. The molecule has 2 fully saturated rings. The Labute approximate surface area is 151 Å². The molecule has 1 aromatic rings. The van der Waals surface area contributed by atoms with Crippen LogP contribution in [-0.4, -0.2) is 75.9 Å². The number of nitrogens with zero attached hydrogens (tertiary/aromatic N) is 3. The molecule has 1 atom stereocenters. The SMILES string of the molecule is CSc1ncc(C(=O)N2CCC(N3CCC[C@H](CO)C3)CC2)c(=O)[nH]1. The van der Waals surface area contributed by atoms with Crippen molar-refractivity contribution in [3.63, 3.8) is 0 Å². The van der Waals surface area contributed by atoms with E-state index in [1.807, 2.05) is 6.26 Å². The molecule has 2 aliphatic rings. The third-order valence-electron chi connectivity index (χ3n) is 5.28. The van der Waals surface area contributed by atoms with Gasteiger partial charge in [-0.1, -0.05) is 11.8 Å². The summed E-state index contributed by atoms with van der Waals surface area (Å²) in [7, 11) is 0. The first kappa shape index (κ1) is 18.4. The summed E-state index contributed by atoms with van der Waals surface area (Å²) >= 11 is 1.34. The van der Waals surface area contributed by atoms with E-state index < -0.39 is 0 Å². The number of hydrogen-bond donors (Lipinski definition) is 2. The molecular weight excluding hydrogens is 340 g/mol. The van der Waals surface area contributed by atoms with Crippen LogP contribution in [0.2, 0.25) is 0 Å². The summed E-state index contributed by atoms with van der Waals surface area (Å²) in [5.74, 6) is 0.153. The number of nitrogens with one attached hydrogen (secondary N) is 1. The molecule has 0 aliphatic carbocycles. The lowest BCUT2D eigenvalue weighted by atomic mass is 9.94. The number of amides is 1. The molecule has 2 aliphatic heterocycles. The topological polar surface area (TPSA) is 89.5 Å². The van der Waals surface area contributed by atoms with Crippen LogP contribution < -0.4 is 5.56 Å². The Morgan fingerprint density at radius 3 is 2.76 bits per heavy atom. The number of aliphatic hydroxyl groups excluding tert-OH is 1. The van der Waals surface area contributed by atoms with E-state index in [0.29, 0.717) is 30.2 Å². The Morgan fingerprint density at radius 2 is 2.12 bits per heavy atom. The normalized spacial score (nSPS) is 23.0. The third-order valence-corrected chi connectivity index (χ3v) is 5.87. The molecule has 2 N–H and O–H groups in total. The van der Waals surface area contributed by atoms with E-state index in [0.717, 1.165) is 38.8 Å². The van der Waals surface area contributed by atoms with Crippen LogP contribution in [0.25, 0.3) is 0 Å². The van der Waals surface area contributed by atoms with Gasteiger partial charge >= 0.3 is 0 Å². The number of H-pyrrole nitrogens is 1. The first-order valence-corrected chi connectivity index (χ1v) is 10.1. The van der Waals surface area contributed by atoms with Crippen LogP contribution in [0.1, 0.15) is 36.0 Å². The van der Waals surface area contributed by atoms with E-state index >= 15 is 0 Å². The number of piperidine rings is 2. The first-order chi connectivity index (χ1) is 12.1. The van der Waals surface area contributed by atoms with Crippen molar-refractivity contribution in [3.8, 4) is 0 Å². The van der Waals surface area contributed by atoms with Crippen molar-refractivity contribution in [3.05, 3.63) is 22.1 Å². The second-order valence-electron chi connectivity index (χ2n) is 6.84. The van der Waals surface area contributed by atoms with E-state index in [1.165, 1.54) is 18.0 Å². The molecule has 8 heteroatoms. The van der Waals surface area contributed by atoms with Gasteiger partial charge in [-0.25, -0.2) is 4.98 Å². The van der Waals surface area contributed by atoms with Gasteiger partial charge in [0.15, 0.2) is 5.16 Å². The number of carbonyl (C=O) groups is 1. The number of thioether (sulfide) groups is 1. The molecule has 7 nitrogen and oxygen atoms in total. The maximum absolute atomic E-state index is 12.6. The quantitative estimate of drug-likeness (QED) is 0.605. The fraction of sp³-hybridized carbons (Fsp3) is 0.706. The highest BCUT2D eigenvalue weighted by molar-refractivity contribution is 7.98. The molecule has 0 aromatic carbocycles. The highest BCUT2D eigenvalue weighted by atomic mass is 32.2. The van der Waals surface area contributed by atoms with Gasteiger partial charge in [-0.3, -0.25) is 14.5 Å². The van der Waals surface area contributed by atoms with Gasteiger partial charge in [0.2, 0.25) is 0 Å². The molecular formula is C17H26N4O3S. The fourth-order valence-corrected chi connectivity index (χ4v) is 4.17. The molecule has 0 spiro atoms. The van der Waals surface area contributed by atoms with Crippen LogP contribution in [0, 0.1) is 5.92 Å². The Hall–Kier alpha value is -1.38. The van der Waals surface area contributed by atoms with Gasteiger partial charge in [0.1, 0.15) is 5.56 Å². The summed E-state index contributed by atoms with van der Waals surface area (Å²) in [5, 5.41) is 9.91. The molecule has 0 unspecified atom stereocenters. The zero-order valence-corrected chi connectivity index (χ0v) is 15.4. The highest BCUT2D eigenvalue weighted by Crippen LogP contribution is 2.24. The van der Waals surface area contributed by atoms with Crippen molar-refractivity contribution in [1.29, 1.82) is 0 Å². The number of likely N-dealkylation sites (tertiary alicyclic amines) is 2. The molecule has 0 bridgehead atoms. The van der Waals surface area contributed by atoms with Gasteiger partial charge in [0, 0.05) is 38.5 Å². The first-order valence-electron chi connectivity index (χ1n) is 8.90. The minimum absolute atomic E-state index is 0.120. The molecule has 25 heavy (non-hydrogen) atoms. The Kier molecular flexibility index (Phi) is 6.14. The van der Waals surface area contributed by atoms with Crippen LogP contribution in [0.4, 0.5) is 0 Å². The highest BCUT2D eigenvalue weighted by Gasteiger charge is 2.31. The van der Waals surface area contributed by atoms with Crippen molar-refractivity contribution >= 4 is 17.7 Å². The molecule has 2 saturated heterocycles. The molecule has 0 radical (unpaired) electrons. The zero-order valence-electron chi connectivity index (χ0n) is 14.6. The minimum atomic E-state index is -0.367. The van der Waals surface area contributed by atoms with Crippen molar-refractivity contribution in [2.75, 3.05) is 39.0 Å². The Balaban J connectivity index is 1.58. The zero-order chi connectivity index (χ0) is 17.8. The van der Waals surface area contributed by atoms with Crippen molar-refractivity contribution in [1.82, 2.24) is 19.8 Å². The number of rotatable bonds is 4.